The van der Waals surface area contributed by atoms with Gasteiger partial charge >= 0.3 is 0 Å². The number of carbonyl (C=O) groups excluding carboxylic acids is 2. The first-order valence-corrected chi connectivity index (χ1v) is 16.9. The van der Waals surface area contributed by atoms with Crippen molar-refractivity contribution in [2.45, 2.75) is 62.9 Å². The fraction of sp³-hybridized carbons (Fsp3) is 0.469. The number of hydrogen-bond acceptors (Lipinski definition) is 7. The molecule has 2 amide bonds. The number of amides is 2. The number of likely N-dealkylation sites (tertiary alicyclic amines) is 1. The minimum Gasteiger partial charge on any atom is -0.381 e. The van der Waals surface area contributed by atoms with Gasteiger partial charge in [-0.15, -0.1) is 0 Å². The number of nitrogens with zero attached hydrogens (tertiary/aromatic N) is 3. The molecule has 246 valence electrons. The molecule has 3 aliphatic rings. The number of aromatic amines is 1. The van der Waals surface area contributed by atoms with E-state index in [0.29, 0.717) is 55.6 Å². The molecule has 0 atom stereocenters. The van der Waals surface area contributed by atoms with Crippen LogP contribution in [0.4, 0.5) is 20.3 Å². The third-order valence-electron chi connectivity index (χ3n) is 8.94. The standard InChI is InChI=1S/C32H38F2N6O5S/c1-32(2)19-40(46(43,44)24-15-22(33)14-23(34)16-24)18-26-28(32)37-38-29(26)36-31(42)25-6-5-20(17-39-9-3-4-10-39)13-27(25)35-30(41)21-7-11-45-12-8-21/h5-6,13-16,21H,3-4,7-12,17-19H2,1-2H3,(H,35,41)(H2,36,37,38,42). The SMILES string of the molecule is CC1(C)CN(S(=O)(=O)c2cc(F)cc(F)c2)Cc2c(NC(=O)c3ccc(CN4CCCC4)cc3NC(=O)C3CCOCC3)n[nH]c21. The second-order valence-corrected chi connectivity index (χ2v) is 14.8. The summed E-state index contributed by atoms with van der Waals surface area (Å²) in [6.07, 6.45) is 3.46. The molecular formula is C32H38F2N6O5S. The van der Waals surface area contributed by atoms with Crippen LogP contribution in [-0.2, 0) is 38.1 Å². The maximum Gasteiger partial charge on any atom is 0.258 e. The maximum atomic E-state index is 14.0. The van der Waals surface area contributed by atoms with Crippen molar-refractivity contribution in [1.82, 2.24) is 19.4 Å². The highest BCUT2D eigenvalue weighted by Crippen LogP contribution is 2.38. The first-order chi connectivity index (χ1) is 21.9. The number of carbonyl (C=O) groups is 2. The van der Waals surface area contributed by atoms with Crippen molar-refractivity contribution >= 4 is 33.3 Å². The van der Waals surface area contributed by atoms with Gasteiger partial charge in [0.15, 0.2) is 5.82 Å². The van der Waals surface area contributed by atoms with Crippen LogP contribution in [0, 0.1) is 17.6 Å². The molecule has 0 saturated carbocycles. The summed E-state index contributed by atoms with van der Waals surface area (Å²) in [7, 11) is -4.30. The van der Waals surface area contributed by atoms with Crippen molar-refractivity contribution in [2.75, 3.05) is 43.5 Å². The molecule has 11 nitrogen and oxygen atoms in total. The topological polar surface area (TPSA) is 137 Å². The molecule has 4 heterocycles. The van der Waals surface area contributed by atoms with Crippen molar-refractivity contribution in [1.29, 1.82) is 0 Å². The number of fused-ring (bicyclic) bond motifs is 1. The second-order valence-electron chi connectivity index (χ2n) is 12.9. The average Bonchev–Trinajstić information content (AvgIpc) is 3.67. The molecule has 0 spiro atoms. The van der Waals surface area contributed by atoms with E-state index in [1.807, 2.05) is 26.0 Å². The second kappa shape index (κ2) is 12.8. The van der Waals surface area contributed by atoms with Gasteiger partial charge in [-0.2, -0.15) is 9.40 Å². The Balaban J connectivity index is 1.28. The van der Waals surface area contributed by atoms with Gasteiger partial charge in [0.25, 0.3) is 5.91 Å². The van der Waals surface area contributed by atoms with Crippen LogP contribution >= 0.6 is 0 Å². The van der Waals surface area contributed by atoms with E-state index in [4.69, 9.17) is 4.74 Å². The molecule has 2 fully saturated rings. The predicted molar refractivity (Wildman–Crippen MR) is 167 cm³/mol. The van der Waals surface area contributed by atoms with E-state index < -0.39 is 37.9 Å². The van der Waals surface area contributed by atoms with Crippen LogP contribution in [0.25, 0.3) is 0 Å². The van der Waals surface area contributed by atoms with Crippen LogP contribution in [0.2, 0.25) is 0 Å². The van der Waals surface area contributed by atoms with Crippen molar-refractivity contribution in [2.24, 2.45) is 5.92 Å². The van der Waals surface area contributed by atoms with Gasteiger partial charge in [-0.1, -0.05) is 19.9 Å². The van der Waals surface area contributed by atoms with Gasteiger partial charge in [-0.25, -0.2) is 17.2 Å². The monoisotopic (exact) mass is 656 g/mol. The number of H-pyrrole nitrogens is 1. The van der Waals surface area contributed by atoms with Crippen molar-refractivity contribution < 1.29 is 31.5 Å². The lowest BCUT2D eigenvalue weighted by atomic mass is 9.84. The Kier molecular flexibility index (Phi) is 8.98. The summed E-state index contributed by atoms with van der Waals surface area (Å²) in [4.78, 5) is 28.9. The van der Waals surface area contributed by atoms with Crippen LogP contribution in [0.3, 0.4) is 0 Å². The molecule has 3 aliphatic heterocycles. The molecule has 46 heavy (non-hydrogen) atoms. The third-order valence-corrected chi connectivity index (χ3v) is 10.7. The normalized spacial score (nSPS) is 19.1. The molecule has 6 rings (SSSR count). The zero-order valence-electron chi connectivity index (χ0n) is 25.9. The number of ether oxygens (including phenoxy) is 1. The van der Waals surface area contributed by atoms with Crippen molar-refractivity contribution in [3.8, 4) is 0 Å². The number of anilines is 2. The lowest BCUT2D eigenvalue weighted by molar-refractivity contribution is -0.122. The highest BCUT2D eigenvalue weighted by Gasteiger charge is 2.41. The number of halogens is 2. The number of benzene rings is 2. The minimum atomic E-state index is -4.30. The Morgan fingerprint density at radius 1 is 1.04 bits per heavy atom. The summed E-state index contributed by atoms with van der Waals surface area (Å²) in [5.74, 6) is -2.82. The van der Waals surface area contributed by atoms with Crippen molar-refractivity contribution in [3.05, 3.63) is 70.4 Å². The van der Waals surface area contributed by atoms with Crippen LogP contribution in [-0.4, -0.2) is 72.5 Å². The third kappa shape index (κ3) is 6.70. The zero-order chi connectivity index (χ0) is 32.6. The Labute approximate surface area is 266 Å². The Hall–Kier alpha value is -3.72. The summed E-state index contributed by atoms with van der Waals surface area (Å²) in [6, 6.07) is 7.55. The summed E-state index contributed by atoms with van der Waals surface area (Å²) in [6.45, 7) is 7.14. The van der Waals surface area contributed by atoms with Crippen molar-refractivity contribution in [3.63, 3.8) is 0 Å². The van der Waals surface area contributed by atoms with E-state index in [2.05, 4.69) is 25.7 Å². The lowest BCUT2D eigenvalue weighted by Gasteiger charge is -2.36. The fourth-order valence-corrected chi connectivity index (χ4v) is 8.10. The number of aromatic nitrogens is 2. The number of rotatable bonds is 8. The lowest BCUT2D eigenvalue weighted by Crippen LogP contribution is -2.45. The van der Waals surface area contributed by atoms with E-state index in [-0.39, 0.29) is 36.3 Å². The van der Waals surface area contributed by atoms with Crippen LogP contribution in [0.1, 0.15) is 66.7 Å². The summed E-state index contributed by atoms with van der Waals surface area (Å²) in [5.41, 5.74) is 1.87. The quantitative estimate of drug-likeness (QED) is 0.327. The molecule has 0 bridgehead atoms. The van der Waals surface area contributed by atoms with Gasteiger partial charge < -0.3 is 15.4 Å². The van der Waals surface area contributed by atoms with Crippen LogP contribution in [0.5, 0.6) is 0 Å². The Bertz CT molecular complexity index is 1730. The maximum absolute atomic E-state index is 14.0. The number of sulfonamides is 1. The first-order valence-electron chi connectivity index (χ1n) is 15.5. The molecule has 0 radical (unpaired) electrons. The fourth-order valence-electron chi connectivity index (χ4n) is 6.49. The van der Waals surface area contributed by atoms with E-state index in [0.717, 1.165) is 47.9 Å². The molecule has 3 aromatic rings. The smallest absolute Gasteiger partial charge is 0.258 e. The minimum absolute atomic E-state index is 0.0108. The van der Waals surface area contributed by atoms with Gasteiger partial charge in [0.2, 0.25) is 15.9 Å². The van der Waals surface area contributed by atoms with E-state index in [1.165, 1.54) is 0 Å². The molecule has 0 unspecified atom stereocenters. The molecule has 1 aromatic heterocycles. The Morgan fingerprint density at radius 3 is 2.43 bits per heavy atom. The van der Waals surface area contributed by atoms with E-state index in [9.17, 15) is 26.8 Å². The van der Waals surface area contributed by atoms with Gasteiger partial charge in [0.1, 0.15) is 11.6 Å². The largest absolute Gasteiger partial charge is 0.381 e. The summed E-state index contributed by atoms with van der Waals surface area (Å²) in [5, 5.41) is 13.1. The molecule has 0 aliphatic carbocycles. The zero-order valence-corrected chi connectivity index (χ0v) is 26.7. The highest BCUT2D eigenvalue weighted by molar-refractivity contribution is 7.89. The number of nitrogens with one attached hydrogen (secondary N) is 3. The van der Waals surface area contributed by atoms with E-state index >= 15 is 0 Å². The predicted octanol–water partition coefficient (Wildman–Crippen LogP) is 4.38. The summed E-state index contributed by atoms with van der Waals surface area (Å²) >= 11 is 0. The van der Waals surface area contributed by atoms with Gasteiger partial charge in [0.05, 0.1) is 16.1 Å². The van der Waals surface area contributed by atoms with Gasteiger partial charge in [-0.3, -0.25) is 19.6 Å². The molecular weight excluding hydrogens is 618 g/mol. The average molecular weight is 657 g/mol. The molecule has 14 heteroatoms. The van der Waals surface area contributed by atoms with Crippen LogP contribution in [0.15, 0.2) is 41.3 Å². The first kappa shape index (κ1) is 32.2. The molecule has 3 N–H and O–H groups in total. The molecule has 2 saturated heterocycles. The van der Waals surface area contributed by atoms with E-state index in [1.54, 1.807) is 6.07 Å². The molecule has 2 aromatic carbocycles. The number of hydrogen-bond donors (Lipinski definition) is 3. The van der Waals surface area contributed by atoms with Gasteiger partial charge in [-0.05, 0) is 68.6 Å². The van der Waals surface area contributed by atoms with Gasteiger partial charge in [0, 0.05) is 61.5 Å². The van der Waals surface area contributed by atoms with Crippen LogP contribution < -0.4 is 10.6 Å². The summed E-state index contributed by atoms with van der Waals surface area (Å²) < 4.78 is 61.5. The Morgan fingerprint density at radius 2 is 1.74 bits per heavy atom. The highest BCUT2D eigenvalue weighted by atomic mass is 32.2.